The van der Waals surface area contributed by atoms with Crippen molar-refractivity contribution in [3.05, 3.63) is 49.2 Å². The fraction of sp³-hybridized carbons (Fsp3) is 0.333. The van der Waals surface area contributed by atoms with E-state index in [2.05, 4.69) is 42.4 Å². The molecule has 0 spiro atoms. The Morgan fingerprint density at radius 2 is 1.92 bits per heavy atom. The molecule has 1 aliphatic rings. The number of hydrogen-bond acceptors (Lipinski definition) is 1. The summed E-state index contributed by atoms with van der Waals surface area (Å²) in [6.07, 6.45) is 10.4. The molecular weight excluding hydrogens is 158 g/mol. The topological polar surface area (TPSA) is 3.24 Å². The first-order valence-electron chi connectivity index (χ1n) is 4.50. The first-order valence-corrected chi connectivity index (χ1v) is 4.50. The van der Waals surface area contributed by atoms with E-state index in [9.17, 15) is 0 Å². The van der Waals surface area contributed by atoms with Gasteiger partial charge in [-0.2, -0.15) is 0 Å². The molecule has 13 heavy (non-hydrogen) atoms. The van der Waals surface area contributed by atoms with Gasteiger partial charge in [0.2, 0.25) is 0 Å². The van der Waals surface area contributed by atoms with E-state index in [1.807, 2.05) is 20.2 Å². The summed E-state index contributed by atoms with van der Waals surface area (Å²) < 4.78 is 0. The van der Waals surface area contributed by atoms with Gasteiger partial charge < -0.3 is 4.90 Å². The van der Waals surface area contributed by atoms with Gasteiger partial charge in [-0.1, -0.05) is 37.0 Å². The molecule has 0 aromatic heterocycles. The fourth-order valence-corrected chi connectivity index (χ4v) is 1.48. The fourth-order valence-electron chi connectivity index (χ4n) is 1.48. The Bertz CT molecular complexity index is 258. The van der Waals surface area contributed by atoms with Gasteiger partial charge in [0.15, 0.2) is 0 Å². The van der Waals surface area contributed by atoms with Gasteiger partial charge in [-0.15, -0.1) is 6.58 Å². The van der Waals surface area contributed by atoms with Crippen LogP contribution >= 0.6 is 0 Å². The minimum Gasteiger partial charge on any atom is -0.381 e. The van der Waals surface area contributed by atoms with Crippen molar-refractivity contribution < 1.29 is 0 Å². The molecule has 1 heteroatoms. The van der Waals surface area contributed by atoms with Crippen molar-refractivity contribution >= 4 is 0 Å². The Balaban J connectivity index is 2.78. The van der Waals surface area contributed by atoms with E-state index >= 15 is 0 Å². The molecule has 1 rings (SSSR count). The summed E-state index contributed by atoms with van der Waals surface area (Å²) in [6.45, 7) is 7.90. The van der Waals surface area contributed by atoms with E-state index in [1.165, 1.54) is 0 Å². The van der Waals surface area contributed by atoms with Gasteiger partial charge in [-0.05, 0) is 0 Å². The molecule has 70 valence electrons. The second-order valence-electron chi connectivity index (χ2n) is 3.49. The lowest BCUT2D eigenvalue weighted by Gasteiger charge is -2.28. The molecule has 0 heterocycles. The third kappa shape index (κ3) is 2.11. The van der Waals surface area contributed by atoms with Gasteiger partial charge in [0.05, 0.1) is 0 Å². The Morgan fingerprint density at radius 1 is 1.31 bits per heavy atom. The summed E-state index contributed by atoms with van der Waals surface area (Å²) in [5.41, 5.74) is 1.13. The third-order valence-electron chi connectivity index (χ3n) is 2.41. The molecule has 0 N–H and O–H groups in total. The van der Waals surface area contributed by atoms with E-state index in [1.54, 1.807) is 0 Å². The molecule has 0 aromatic rings. The van der Waals surface area contributed by atoms with Crippen molar-refractivity contribution in [1.82, 2.24) is 4.90 Å². The minimum atomic E-state index is 0.373. The normalized spacial score (nSPS) is 25.7. The summed E-state index contributed by atoms with van der Waals surface area (Å²) in [5.74, 6) is 0.761. The van der Waals surface area contributed by atoms with Crippen molar-refractivity contribution in [3.63, 3.8) is 0 Å². The van der Waals surface area contributed by atoms with Crippen molar-refractivity contribution in [3.8, 4) is 0 Å². The lowest BCUT2D eigenvalue weighted by Crippen LogP contribution is -2.22. The lowest BCUT2D eigenvalue weighted by molar-refractivity contribution is 0.427. The standard InChI is InChI=1S/C12H17N/c1-5-11-8-6-7-9-12(11)10(2)13(3)4/h5-9,11-12H,1-2H2,3-4H3. The molecule has 2 unspecified atom stereocenters. The van der Waals surface area contributed by atoms with Gasteiger partial charge in [-0.3, -0.25) is 0 Å². The van der Waals surface area contributed by atoms with Crippen LogP contribution in [0, 0.1) is 11.8 Å². The molecule has 0 saturated carbocycles. The monoisotopic (exact) mass is 175 g/mol. The molecule has 1 nitrogen and oxygen atoms in total. The van der Waals surface area contributed by atoms with Crippen LogP contribution in [0.3, 0.4) is 0 Å². The maximum atomic E-state index is 4.07. The predicted octanol–water partition coefficient (Wildman–Crippen LogP) is 2.61. The van der Waals surface area contributed by atoms with Crippen LogP contribution in [-0.4, -0.2) is 19.0 Å². The zero-order chi connectivity index (χ0) is 9.84. The molecule has 0 aromatic carbocycles. The van der Waals surface area contributed by atoms with Crippen LogP contribution in [-0.2, 0) is 0 Å². The largest absolute Gasteiger partial charge is 0.381 e. The van der Waals surface area contributed by atoms with E-state index in [-0.39, 0.29) is 0 Å². The van der Waals surface area contributed by atoms with Gasteiger partial charge in [0.25, 0.3) is 0 Å². The summed E-state index contributed by atoms with van der Waals surface area (Å²) in [4.78, 5) is 2.06. The highest BCUT2D eigenvalue weighted by Gasteiger charge is 2.19. The van der Waals surface area contributed by atoms with Crippen LogP contribution < -0.4 is 0 Å². The van der Waals surface area contributed by atoms with E-state index in [0.29, 0.717) is 11.8 Å². The summed E-state index contributed by atoms with van der Waals surface area (Å²) >= 11 is 0. The summed E-state index contributed by atoms with van der Waals surface area (Å²) in [6, 6.07) is 0. The number of hydrogen-bond donors (Lipinski definition) is 0. The molecule has 0 fully saturated rings. The van der Waals surface area contributed by atoms with Crippen LogP contribution in [0.2, 0.25) is 0 Å². The highest BCUT2D eigenvalue weighted by Crippen LogP contribution is 2.27. The Labute approximate surface area is 80.7 Å². The van der Waals surface area contributed by atoms with Gasteiger partial charge in [0, 0.05) is 31.6 Å². The predicted molar refractivity (Wildman–Crippen MR) is 58.3 cm³/mol. The van der Waals surface area contributed by atoms with Crippen molar-refractivity contribution in [1.29, 1.82) is 0 Å². The van der Waals surface area contributed by atoms with Crippen molar-refractivity contribution in [2.45, 2.75) is 0 Å². The molecule has 0 saturated heterocycles. The quantitative estimate of drug-likeness (QED) is 0.596. The maximum Gasteiger partial charge on any atom is 0.0263 e. The Kier molecular flexibility index (Phi) is 3.13. The zero-order valence-electron chi connectivity index (χ0n) is 8.40. The molecule has 0 amide bonds. The molecular formula is C12H17N. The SMILES string of the molecule is C=CC1C=CC=CC1C(=C)N(C)C. The van der Waals surface area contributed by atoms with Gasteiger partial charge in [-0.25, -0.2) is 0 Å². The second-order valence-corrected chi connectivity index (χ2v) is 3.49. The number of allylic oxidation sites excluding steroid dienone is 5. The maximum absolute atomic E-state index is 4.07. The Morgan fingerprint density at radius 3 is 2.46 bits per heavy atom. The first-order chi connectivity index (χ1) is 6.16. The van der Waals surface area contributed by atoms with Gasteiger partial charge in [0.1, 0.15) is 0 Å². The molecule has 0 bridgehead atoms. The lowest BCUT2D eigenvalue weighted by atomic mass is 9.86. The number of rotatable bonds is 3. The molecule has 2 atom stereocenters. The second kappa shape index (κ2) is 4.13. The van der Waals surface area contributed by atoms with Crippen molar-refractivity contribution in [2.24, 2.45) is 11.8 Å². The van der Waals surface area contributed by atoms with Crippen LogP contribution in [0.1, 0.15) is 0 Å². The van der Waals surface area contributed by atoms with Crippen LogP contribution in [0.5, 0.6) is 0 Å². The summed E-state index contributed by atoms with van der Waals surface area (Å²) in [7, 11) is 4.04. The third-order valence-corrected chi connectivity index (χ3v) is 2.41. The van der Waals surface area contributed by atoms with E-state index in [0.717, 1.165) is 5.70 Å². The summed E-state index contributed by atoms with van der Waals surface area (Å²) in [5, 5.41) is 0. The molecule has 0 radical (unpaired) electrons. The highest BCUT2D eigenvalue weighted by molar-refractivity contribution is 5.24. The number of nitrogens with zero attached hydrogens (tertiary/aromatic N) is 1. The minimum absolute atomic E-state index is 0.373. The first kappa shape index (κ1) is 9.85. The average Bonchev–Trinajstić information content (AvgIpc) is 2.16. The highest BCUT2D eigenvalue weighted by atomic mass is 15.1. The van der Waals surface area contributed by atoms with Gasteiger partial charge >= 0.3 is 0 Å². The van der Waals surface area contributed by atoms with Crippen molar-refractivity contribution in [2.75, 3.05) is 14.1 Å². The van der Waals surface area contributed by atoms with Crippen LogP contribution in [0.25, 0.3) is 0 Å². The Hall–Kier alpha value is -1.24. The van der Waals surface area contributed by atoms with E-state index in [4.69, 9.17) is 0 Å². The molecule has 1 aliphatic carbocycles. The van der Waals surface area contributed by atoms with Crippen LogP contribution in [0.15, 0.2) is 49.2 Å². The van der Waals surface area contributed by atoms with Crippen LogP contribution in [0.4, 0.5) is 0 Å². The molecule has 0 aliphatic heterocycles. The zero-order valence-corrected chi connectivity index (χ0v) is 8.40. The average molecular weight is 175 g/mol. The van der Waals surface area contributed by atoms with E-state index < -0.39 is 0 Å². The smallest absolute Gasteiger partial charge is 0.0263 e.